The Hall–Kier alpha value is -3.12. The Labute approximate surface area is 161 Å². The molecule has 0 unspecified atom stereocenters. The van der Waals surface area contributed by atoms with E-state index in [1.165, 1.54) is 6.20 Å². The van der Waals surface area contributed by atoms with Gasteiger partial charge in [0.25, 0.3) is 5.91 Å². The lowest BCUT2D eigenvalue weighted by Gasteiger charge is -2.11. The number of nitrogens with zero attached hydrogens (tertiary/aromatic N) is 1. The van der Waals surface area contributed by atoms with Crippen molar-refractivity contribution in [2.75, 3.05) is 11.9 Å². The first-order chi connectivity index (χ1) is 13.1. The van der Waals surface area contributed by atoms with Crippen molar-refractivity contribution in [3.8, 4) is 0 Å². The minimum Gasteiger partial charge on any atom is -0.452 e. The molecule has 0 spiro atoms. The Morgan fingerprint density at radius 1 is 1.00 bits per heavy atom. The topological polar surface area (TPSA) is 68.3 Å². The van der Waals surface area contributed by atoms with Crippen LogP contribution in [0.25, 0.3) is 0 Å². The van der Waals surface area contributed by atoms with E-state index in [0.29, 0.717) is 11.3 Å². The fraction of sp³-hybridized carbons (Fsp3) is 0.0952. The van der Waals surface area contributed by atoms with Gasteiger partial charge in [0.2, 0.25) is 0 Å². The number of nitrogens with one attached hydrogen (secondary N) is 1. The summed E-state index contributed by atoms with van der Waals surface area (Å²) in [5.41, 5.74) is 1.79. The molecule has 3 aromatic rings. The summed E-state index contributed by atoms with van der Waals surface area (Å²) in [5.74, 6) is -0.978. The lowest BCUT2D eigenvalue weighted by Crippen LogP contribution is -2.21. The number of hydrogen-bond acceptors (Lipinski definition) is 5. The summed E-state index contributed by atoms with van der Waals surface area (Å²) in [6, 6.07) is 20.7. The molecule has 2 aromatic carbocycles. The predicted octanol–water partition coefficient (Wildman–Crippen LogP) is 4.34. The average molecular weight is 378 g/mol. The first-order valence-corrected chi connectivity index (χ1v) is 9.15. The van der Waals surface area contributed by atoms with Crippen molar-refractivity contribution in [2.24, 2.45) is 0 Å². The Bertz CT molecular complexity index is 928. The third-order valence-corrected chi connectivity index (χ3v) is 4.70. The molecule has 6 heteroatoms. The van der Waals surface area contributed by atoms with Gasteiger partial charge >= 0.3 is 5.97 Å². The zero-order valence-electron chi connectivity index (χ0n) is 14.7. The van der Waals surface area contributed by atoms with E-state index in [2.05, 4.69) is 10.3 Å². The van der Waals surface area contributed by atoms with Gasteiger partial charge < -0.3 is 10.1 Å². The molecule has 0 aliphatic rings. The quantitative estimate of drug-likeness (QED) is 0.647. The molecular weight excluding hydrogens is 360 g/mol. The number of anilines is 1. The Morgan fingerprint density at radius 2 is 1.74 bits per heavy atom. The van der Waals surface area contributed by atoms with Crippen molar-refractivity contribution in [2.45, 2.75) is 16.7 Å². The number of pyridine rings is 1. The second-order valence-electron chi connectivity index (χ2n) is 5.72. The van der Waals surface area contributed by atoms with Gasteiger partial charge in [-0.1, -0.05) is 42.1 Å². The maximum absolute atomic E-state index is 12.2. The number of ether oxygens (including phenoxy) is 1. The van der Waals surface area contributed by atoms with Gasteiger partial charge in [0, 0.05) is 21.7 Å². The molecule has 0 aliphatic carbocycles. The fourth-order valence-electron chi connectivity index (χ4n) is 2.26. The first-order valence-electron chi connectivity index (χ1n) is 8.33. The zero-order chi connectivity index (χ0) is 19.1. The number of para-hydroxylation sites is 1. The summed E-state index contributed by atoms with van der Waals surface area (Å²) >= 11 is 1.55. The minimum absolute atomic E-state index is 0.313. The molecule has 0 radical (unpaired) electrons. The summed E-state index contributed by atoms with van der Waals surface area (Å²) in [6.45, 7) is 1.46. The van der Waals surface area contributed by atoms with Crippen molar-refractivity contribution in [1.29, 1.82) is 0 Å². The normalized spacial score (nSPS) is 10.3. The van der Waals surface area contributed by atoms with Gasteiger partial charge in [-0.15, -0.1) is 0 Å². The lowest BCUT2D eigenvalue weighted by atomic mass is 10.2. The molecule has 5 nitrogen and oxygen atoms in total. The standard InChI is InChI=1S/C21H18N2O3S/c1-15-11-12-16(13-22-15)21(25)26-14-20(24)23-18-9-5-6-10-19(18)27-17-7-3-2-4-8-17/h2-13H,14H2,1H3,(H,23,24). The molecule has 1 N–H and O–H groups in total. The number of aryl methyl sites for hydroxylation is 1. The highest BCUT2D eigenvalue weighted by Crippen LogP contribution is 2.33. The van der Waals surface area contributed by atoms with E-state index in [1.54, 1.807) is 23.9 Å². The van der Waals surface area contributed by atoms with Gasteiger partial charge in [-0.25, -0.2) is 4.79 Å². The fourth-order valence-corrected chi connectivity index (χ4v) is 3.19. The van der Waals surface area contributed by atoms with Crippen LogP contribution < -0.4 is 5.32 Å². The molecule has 27 heavy (non-hydrogen) atoms. The van der Waals surface area contributed by atoms with Crippen LogP contribution in [0.2, 0.25) is 0 Å². The van der Waals surface area contributed by atoms with Crippen molar-refractivity contribution < 1.29 is 14.3 Å². The van der Waals surface area contributed by atoms with Crippen LogP contribution >= 0.6 is 11.8 Å². The molecule has 0 saturated carbocycles. The van der Waals surface area contributed by atoms with Gasteiger partial charge in [-0.3, -0.25) is 9.78 Å². The third-order valence-electron chi connectivity index (χ3n) is 3.61. The maximum atomic E-state index is 12.2. The Morgan fingerprint density at radius 3 is 2.48 bits per heavy atom. The third kappa shape index (κ3) is 5.43. The number of benzene rings is 2. The van der Waals surface area contributed by atoms with Crippen molar-refractivity contribution in [3.63, 3.8) is 0 Å². The van der Waals surface area contributed by atoms with E-state index in [-0.39, 0.29) is 6.61 Å². The van der Waals surface area contributed by atoms with E-state index in [4.69, 9.17) is 4.74 Å². The Balaban J connectivity index is 1.59. The first kappa shape index (κ1) is 18.7. The molecule has 0 bridgehead atoms. The van der Waals surface area contributed by atoms with Crippen molar-refractivity contribution in [3.05, 3.63) is 84.2 Å². The van der Waals surface area contributed by atoms with Crippen molar-refractivity contribution >= 4 is 29.3 Å². The van der Waals surface area contributed by atoms with Crippen LogP contribution in [0.1, 0.15) is 16.1 Å². The van der Waals surface area contributed by atoms with Crippen LogP contribution in [-0.2, 0) is 9.53 Å². The molecule has 0 saturated heterocycles. The molecular formula is C21H18N2O3S. The number of carbonyl (C=O) groups is 2. The van der Waals surface area contributed by atoms with Crippen LogP contribution in [0, 0.1) is 6.92 Å². The van der Waals surface area contributed by atoms with Gasteiger partial charge in [-0.2, -0.15) is 0 Å². The number of hydrogen-bond donors (Lipinski definition) is 1. The highest BCUT2D eigenvalue weighted by Gasteiger charge is 2.12. The highest BCUT2D eigenvalue weighted by atomic mass is 32.2. The minimum atomic E-state index is -0.579. The molecule has 0 fully saturated rings. The van der Waals surface area contributed by atoms with Gasteiger partial charge in [0.05, 0.1) is 11.3 Å². The second-order valence-corrected chi connectivity index (χ2v) is 6.84. The van der Waals surface area contributed by atoms with Crippen LogP contribution in [-0.4, -0.2) is 23.5 Å². The number of amides is 1. The monoisotopic (exact) mass is 378 g/mol. The van der Waals surface area contributed by atoms with E-state index >= 15 is 0 Å². The van der Waals surface area contributed by atoms with Gasteiger partial charge in [0.15, 0.2) is 6.61 Å². The smallest absolute Gasteiger partial charge is 0.340 e. The summed E-state index contributed by atoms with van der Waals surface area (Å²) in [5, 5.41) is 2.79. The van der Waals surface area contributed by atoms with E-state index in [9.17, 15) is 9.59 Å². The van der Waals surface area contributed by atoms with Crippen LogP contribution in [0.15, 0.2) is 82.7 Å². The molecule has 0 aliphatic heterocycles. The summed E-state index contributed by atoms with van der Waals surface area (Å²) in [7, 11) is 0. The number of rotatable bonds is 6. The van der Waals surface area contributed by atoms with Crippen molar-refractivity contribution in [1.82, 2.24) is 4.98 Å². The lowest BCUT2D eigenvalue weighted by molar-refractivity contribution is -0.119. The predicted molar refractivity (Wildman–Crippen MR) is 105 cm³/mol. The maximum Gasteiger partial charge on any atom is 0.340 e. The van der Waals surface area contributed by atoms with Gasteiger partial charge in [-0.05, 0) is 43.3 Å². The van der Waals surface area contributed by atoms with Crippen LogP contribution in [0.3, 0.4) is 0 Å². The van der Waals surface area contributed by atoms with Crippen LogP contribution in [0.4, 0.5) is 5.69 Å². The van der Waals surface area contributed by atoms with E-state index in [1.807, 2.05) is 61.5 Å². The number of aromatic nitrogens is 1. The largest absolute Gasteiger partial charge is 0.452 e. The number of esters is 1. The molecule has 0 atom stereocenters. The molecule has 1 aromatic heterocycles. The summed E-state index contributed by atoms with van der Waals surface area (Å²) in [6.07, 6.45) is 1.43. The van der Waals surface area contributed by atoms with E-state index in [0.717, 1.165) is 15.5 Å². The number of carbonyl (C=O) groups excluding carboxylic acids is 2. The van der Waals surface area contributed by atoms with Crippen LogP contribution in [0.5, 0.6) is 0 Å². The molecule has 3 rings (SSSR count). The molecule has 1 amide bonds. The van der Waals surface area contributed by atoms with E-state index < -0.39 is 11.9 Å². The molecule has 136 valence electrons. The molecule has 1 heterocycles. The summed E-state index contributed by atoms with van der Waals surface area (Å²) in [4.78, 5) is 30.2. The highest BCUT2D eigenvalue weighted by molar-refractivity contribution is 7.99. The summed E-state index contributed by atoms with van der Waals surface area (Å²) < 4.78 is 5.06. The zero-order valence-corrected chi connectivity index (χ0v) is 15.5. The average Bonchev–Trinajstić information content (AvgIpc) is 2.69. The second kappa shape index (κ2) is 9.00. The SMILES string of the molecule is Cc1ccc(C(=O)OCC(=O)Nc2ccccc2Sc2ccccc2)cn1. The van der Waals surface area contributed by atoms with Gasteiger partial charge in [0.1, 0.15) is 0 Å². The Kier molecular flexibility index (Phi) is 6.22.